The number of hydrogen-bond acceptors (Lipinski definition) is 2. The maximum atomic E-state index is 3.48. The Hall–Kier alpha value is -0.0800. The first-order valence-electron chi connectivity index (χ1n) is 4.95. The largest absolute Gasteiger partial charge is 0.315 e. The lowest BCUT2D eigenvalue weighted by Crippen LogP contribution is -2.38. The van der Waals surface area contributed by atoms with Crippen LogP contribution >= 0.6 is 0 Å². The van der Waals surface area contributed by atoms with Gasteiger partial charge in [-0.05, 0) is 33.0 Å². The summed E-state index contributed by atoms with van der Waals surface area (Å²) < 4.78 is 0. The Morgan fingerprint density at radius 1 is 1.17 bits per heavy atom. The molecule has 2 heteroatoms. The van der Waals surface area contributed by atoms with E-state index in [1.165, 1.54) is 6.42 Å². The molecule has 74 valence electrons. The van der Waals surface area contributed by atoms with Crippen LogP contribution < -0.4 is 5.32 Å². The summed E-state index contributed by atoms with van der Waals surface area (Å²) in [6, 6.07) is 0.684. The zero-order valence-electron chi connectivity index (χ0n) is 9.22. The summed E-state index contributed by atoms with van der Waals surface area (Å²) in [5.74, 6) is 0.754. The van der Waals surface area contributed by atoms with Crippen molar-refractivity contribution in [2.75, 3.05) is 27.2 Å². The van der Waals surface area contributed by atoms with Gasteiger partial charge in [0.25, 0.3) is 0 Å². The van der Waals surface area contributed by atoms with Gasteiger partial charge in [0, 0.05) is 12.6 Å². The van der Waals surface area contributed by atoms with Gasteiger partial charge in [0.05, 0.1) is 0 Å². The van der Waals surface area contributed by atoms with E-state index in [9.17, 15) is 0 Å². The van der Waals surface area contributed by atoms with Crippen LogP contribution in [0.1, 0.15) is 27.2 Å². The topological polar surface area (TPSA) is 15.3 Å². The molecule has 2 nitrogen and oxygen atoms in total. The Balaban J connectivity index is 3.45. The van der Waals surface area contributed by atoms with Gasteiger partial charge in [-0.2, -0.15) is 0 Å². The number of rotatable bonds is 6. The van der Waals surface area contributed by atoms with Crippen molar-refractivity contribution in [1.82, 2.24) is 10.2 Å². The highest BCUT2D eigenvalue weighted by Gasteiger charge is 2.07. The van der Waals surface area contributed by atoms with Gasteiger partial charge in [-0.1, -0.05) is 20.8 Å². The van der Waals surface area contributed by atoms with E-state index in [1.807, 2.05) is 0 Å². The third kappa shape index (κ3) is 5.56. The maximum absolute atomic E-state index is 3.48. The van der Waals surface area contributed by atoms with Crippen molar-refractivity contribution in [3.63, 3.8) is 0 Å². The minimum Gasteiger partial charge on any atom is -0.315 e. The van der Waals surface area contributed by atoms with Crippen molar-refractivity contribution in [2.24, 2.45) is 5.92 Å². The van der Waals surface area contributed by atoms with Crippen molar-refractivity contribution in [3.05, 3.63) is 0 Å². The molecule has 0 rings (SSSR count). The minimum atomic E-state index is 0.684. The molecule has 0 heterocycles. The molecule has 0 aromatic rings. The smallest absolute Gasteiger partial charge is 0.0211 e. The molecule has 1 atom stereocenters. The number of likely N-dealkylation sites (N-methyl/N-ethyl adjacent to an activating group) is 1. The molecule has 12 heavy (non-hydrogen) atoms. The molecule has 0 aliphatic heterocycles. The second-order valence-electron chi connectivity index (χ2n) is 4.08. The molecular weight excluding hydrogens is 148 g/mol. The molecule has 1 unspecified atom stereocenters. The molecule has 0 aliphatic carbocycles. The molecular formula is C10H24N2. The summed E-state index contributed by atoms with van der Waals surface area (Å²) in [5, 5.41) is 3.48. The number of nitrogens with one attached hydrogen (secondary N) is 1. The van der Waals surface area contributed by atoms with E-state index in [1.54, 1.807) is 0 Å². The highest BCUT2D eigenvalue weighted by molar-refractivity contribution is 4.67. The normalized spacial score (nSPS) is 14.2. The van der Waals surface area contributed by atoms with E-state index < -0.39 is 0 Å². The van der Waals surface area contributed by atoms with Gasteiger partial charge < -0.3 is 10.2 Å². The maximum Gasteiger partial charge on any atom is 0.0211 e. The van der Waals surface area contributed by atoms with Crippen molar-refractivity contribution in [2.45, 2.75) is 33.2 Å². The van der Waals surface area contributed by atoms with Gasteiger partial charge in [-0.15, -0.1) is 0 Å². The van der Waals surface area contributed by atoms with Gasteiger partial charge >= 0.3 is 0 Å². The first kappa shape index (κ1) is 11.9. The van der Waals surface area contributed by atoms with Crippen LogP contribution in [0.3, 0.4) is 0 Å². The van der Waals surface area contributed by atoms with Crippen molar-refractivity contribution < 1.29 is 0 Å². The van der Waals surface area contributed by atoms with E-state index in [0.29, 0.717) is 6.04 Å². The molecule has 0 aromatic heterocycles. The average Bonchev–Trinajstić information content (AvgIpc) is 1.96. The summed E-state index contributed by atoms with van der Waals surface area (Å²) >= 11 is 0. The second-order valence-corrected chi connectivity index (χ2v) is 4.08. The molecule has 0 aliphatic rings. The van der Waals surface area contributed by atoms with Crippen LogP contribution in [0.15, 0.2) is 0 Å². The fraction of sp³-hybridized carbons (Fsp3) is 1.00. The van der Waals surface area contributed by atoms with Gasteiger partial charge in [-0.3, -0.25) is 0 Å². The van der Waals surface area contributed by atoms with Crippen LogP contribution in [-0.2, 0) is 0 Å². The van der Waals surface area contributed by atoms with Crippen LogP contribution in [0.2, 0.25) is 0 Å². The summed E-state index contributed by atoms with van der Waals surface area (Å²) in [6.07, 6.45) is 1.22. The summed E-state index contributed by atoms with van der Waals surface area (Å²) in [6.45, 7) is 8.96. The Kier molecular flexibility index (Phi) is 6.39. The van der Waals surface area contributed by atoms with Crippen LogP contribution in [0.5, 0.6) is 0 Å². The molecule has 0 bridgehead atoms. The predicted octanol–water partition coefficient (Wildman–Crippen LogP) is 1.57. The lowest BCUT2D eigenvalue weighted by molar-refractivity contribution is 0.273. The van der Waals surface area contributed by atoms with Gasteiger partial charge in [-0.25, -0.2) is 0 Å². The lowest BCUT2D eigenvalue weighted by Gasteiger charge is -2.23. The molecule has 0 amide bonds. The molecule has 0 fully saturated rings. The molecule has 0 radical (unpaired) electrons. The monoisotopic (exact) mass is 172 g/mol. The Bertz CT molecular complexity index is 100. The van der Waals surface area contributed by atoms with Gasteiger partial charge in [0.15, 0.2) is 0 Å². The van der Waals surface area contributed by atoms with Crippen LogP contribution in [0.25, 0.3) is 0 Å². The van der Waals surface area contributed by atoms with E-state index >= 15 is 0 Å². The van der Waals surface area contributed by atoms with E-state index in [-0.39, 0.29) is 0 Å². The standard InChI is InChI=1S/C10H24N2/c1-6-10(12(4)5)8-11-7-9(2)3/h9-11H,6-8H2,1-5H3. The second kappa shape index (κ2) is 6.44. The Morgan fingerprint density at radius 3 is 2.08 bits per heavy atom. The van der Waals surface area contributed by atoms with E-state index in [4.69, 9.17) is 0 Å². The summed E-state index contributed by atoms with van der Waals surface area (Å²) in [5.41, 5.74) is 0. The molecule has 1 N–H and O–H groups in total. The Morgan fingerprint density at radius 2 is 1.75 bits per heavy atom. The van der Waals surface area contributed by atoms with E-state index in [0.717, 1.165) is 19.0 Å². The quantitative estimate of drug-likeness (QED) is 0.654. The zero-order chi connectivity index (χ0) is 9.56. The predicted molar refractivity (Wildman–Crippen MR) is 55.5 cm³/mol. The highest BCUT2D eigenvalue weighted by atomic mass is 15.1. The van der Waals surface area contributed by atoms with Crippen molar-refractivity contribution >= 4 is 0 Å². The number of nitrogens with zero attached hydrogens (tertiary/aromatic N) is 1. The average molecular weight is 172 g/mol. The first-order valence-corrected chi connectivity index (χ1v) is 4.95. The fourth-order valence-corrected chi connectivity index (χ4v) is 1.23. The van der Waals surface area contributed by atoms with E-state index in [2.05, 4.69) is 45.1 Å². The van der Waals surface area contributed by atoms with Crippen LogP contribution in [0.4, 0.5) is 0 Å². The highest BCUT2D eigenvalue weighted by Crippen LogP contribution is 1.97. The zero-order valence-corrected chi connectivity index (χ0v) is 9.22. The summed E-state index contributed by atoms with van der Waals surface area (Å²) in [4.78, 5) is 2.29. The van der Waals surface area contributed by atoms with Gasteiger partial charge in [0.1, 0.15) is 0 Å². The molecule has 0 saturated heterocycles. The third-order valence-electron chi connectivity index (χ3n) is 2.13. The van der Waals surface area contributed by atoms with Crippen LogP contribution in [-0.4, -0.2) is 38.1 Å². The number of hydrogen-bond donors (Lipinski definition) is 1. The SMILES string of the molecule is CCC(CNCC(C)C)N(C)C. The molecule has 0 aromatic carbocycles. The first-order chi connectivity index (χ1) is 5.57. The minimum absolute atomic E-state index is 0.684. The molecule has 0 saturated carbocycles. The Labute approximate surface area is 77.3 Å². The fourth-order valence-electron chi connectivity index (χ4n) is 1.23. The summed E-state index contributed by atoms with van der Waals surface area (Å²) in [7, 11) is 4.29. The van der Waals surface area contributed by atoms with Crippen LogP contribution in [0, 0.1) is 5.92 Å². The molecule has 0 spiro atoms. The third-order valence-corrected chi connectivity index (χ3v) is 2.13. The van der Waals surface area contributed by atoms with Gasteiger partial charge in [0.2, 0.25) is 0 Å². The van der Waals surface area contributed by atoms with Crippen molar-refractivity contribution in [1.29, 1.82) is 0 Å². The van der Waals surface area contributed by atoms with Crippen molar-refractivity contribution in [3.8, 4) is 0 Å². The lowest BCUT2D eigenvalue weighted by atomic mass is 10.2.